The van der Waals surface area contributed by atoms with Crippen molar-refractivity contribution in [3.63, 3.8) is 0 Å². The molecule has 0 aliphatic rings. The highest BCUT2D eigenvalue weighted by Crippen LogP contribution is 2.26. The summed E-state index contributed by atoms with van der Waals surface area (Å²) in [6.07, 6.45) is 0. The third-order valence-electron chi connectivity index (χ3n) is 2.63. The average Bonchev–Trinajstić information content (AvgIpc) is 2.35. The lowest BCUT2D eigenvalue weighted by molar-refractivity contribution is 0.101. The van der Waals surface area contributed by atoms with E-state index in [-0.39, 0.29) is 0 Å². The highest BCUT2D eigenvalue weighted by atomic mass is 79.9. The summed E-state index contributed by atoms with van der Waals surface area (Å²) in [5.74, 6) is -2.59. The maximum Gasteiger partial charge on any atom is 0.261 e. The van der Waals surface area contributed by atoms with Crippen LogP contribution in [0.25, 0.3) is 0 Å². The number of carbonyl (C=O) groups is 1. The van der Waals surface area contributed by atoms with Crippen molar-refractivity contribution >= 4 is 27.5 Å². The number of halogens is 3. The molecule has 0 spiro atoms. The number of nitrogens with one attached hydrogen (secondary N) is 1. The lowest BCUT2D eigenvalue weighted by atomic mass is 10.1. The molecule has 0 aromatic heterocycles. The number of rotatable bonds is 2. The Hall–Kier alpha value is -1.75. The van der Waals surface area contributed by atoms with E-state index in [1.54, 1.807) is 12.1 Å². The zero-order valence-corrected chi connectivity index (χ0v) is 11.6. The van der Waals surface area contributed by atoms with Crippen molar-refractivity contribution in [1.29, 1.82) is 0 Å². The number of benzene rings is 2. The summed E-state index contributed by atoms with van der Waals surface area (Å²) in [5.41, 5.74) is 0.787. The zero-order valence-electron chi connectivity index (χ0n) is 10.0. The lowest BCUT2D eigenvalue weighted by Gasteiger charge is -2.10. The molecule has 0 atom stereocenters. The van der Waals surface area contributed by atoms with Crippen molar-refractivity contribution in [3.05, 3.63) is 63.6 Å². The van der Waals surface area contributed by atoms with Crippen LogP contribution in [0, 0.1) is 18.6 Å². The van der Waals surface area contributed by atoms with Crippen molar-refractivity contribution in [2.24, 2.45) is 0 Å². The van der Waals surface area contributed by atoms with Gasteiger partial charge in [-0.05, 0) is 46.6 Å². The molecule has 0 aliphatic carbocycles. The molecule has 0 fully saturated rings. The van der Waals surface area contributed by atoms with Crippen LogP contribution in [0.1, 0.15) is 15.9 Å². The Morgan fingerprint density at radius 1 is 1.11 bits per heavy atom. The Balaban J connectivity index is 2.34. The first-order chi connectivity index (χ1) is 9.00. The Bertz CT molecular complexity index is 623. The number of anilines is 1. The summed E-state index contributed by atoms with van der Waals surface area (Å²) in [6.45, 7) is 1.85. The van der Waals surface area contributed by atoms with Crippen LogP contribution >= 0.6 is 15.9 Å². The molecule has 1 N–H and O–H groups in total. The molecule has 0 unspecified atom stereocenters. The molecule has 5 heteroatoms. The Morgan fingerprint density at radius 3 is 2.32 bits per heavy atom. The fourth-order valence-corrected chi connectivity index (χ4v) is 2.01. The van der Waals surface area contributed by atoms with Crippen molar-refractivity contribution in [1.82, 2.24) is 0 Å². The maximum atomic E-state index is 13.5. The third-order valence-corrected chi connectivity index (χ3v) is 3.68. The monoisotopic (exact) mass is 325 g/mol. The molecular formula is C14H10BrF2NO. The van der Waals surface area contributed by atoms with Crippen LogP contribution in [0.2, 0.25) is 0 Å². The largest absolute Gasteiger partial charge is 0.321 e. The minimum Gasteiger partial charge on any atom is -0.321 e. The van der Waals surface area contributed by atoms with Gasteiger partial charge in [0.25, 0.3) is 5.91 Å². The van der Waals surface area contributed by atoms with Gasteiger partial charge in [-0.2, -0.15) is 0 Å². The van der Waals surface area contributed by atoms with Crippen LogP contribution in [0.4, 0.5) is 14.5 Å². The van der Waals surface area contributed by atoms with Crippen LogP contribution in [-0.4, -0.2) is 5.91 Å². The number of amides is 1. The predicted octanol–water partition coefficient (Wildman–Crippen LogP) is 4.29. The summed E-state index contributed by atoms with van der Waals surface area (Å²) in [7, 11) is 0. The first-order valence-corrected chi connectivity index (χ1v) is 6.30. The second kappa shape index (κ2) is 5.48. The van der Waals surface area contributed by atoms with Crippen LogP contribution in [0.15, 0.2) is 40.9 Å². The van der Waals surface area contributed by atoms with Gasteiger partial charge in [-0.3, -0.25) is 4.79 Å². The second-order valence-electron chi connectivity index (χ2n) is 3.99. The van der Waals surface area contributed by atoms with Gasteiger partial charge in [0.05, 0.1) is 5.69 Å². The summed E-state index contributed by atoms with van der Waals surface area (Å²) < 4.78 is 27.6. The van der Waals surface area contributed by atoms with Gasteiger partial charge in [0.15, 0.2) is 0 Å². The summed E-state index contributed by atoms with van der Waals surface area (Å²) in [4.78, 5) is 11.9. The van der Waals surface area contributed by atoms with Gasteiger partial charge in [-0.25, -0.2) is 8.78 Å². The first-order valence-electron chi connectivity index (χ1n) is 5.51. The minimum absolute atomic E-state index is 0.465. The third kappa shape index (κ3) is 2.81. The quantitative estimate of drug-likeness (QED) is 0.876. The molecule has 1 amide bonds. The molecule has 2 aromatic rings. The number of aryl methyl sites for hydroxylation is 1. The standard InChI is InChI=1S/C14H10BrF2NO/c1-8-4-2-7-11(13(8)15)18-14(19)12-9(16)5-3-6-10(12)17/h2-7H,1H3,(H,18,19). The van der Waals surface area contributed by atoms with Gasteiger partial charge in [0.2, 0.25) is 0 Å². The van der Waals surface area contributed by atoms with E-state index in [0.29, 0.717) is 10.2 Å². The van der Waals surface area contributed by atoms with Crippen molar-refractivity contribution in [2.45, 2.75) is 6.92 Å². The zero-order chi connectivity index (χ0) is 14.0. The molecule has 0 radical (unpaired) electrons. The van der Waals surface area contributed by atoms with E-state index < -0.39 is 23.1 Å². The summed E-state index contributed by atoms with van der Waals surface area (Å²) in [6, 6.07) is 8.54. The first kappa shape index (κ1) is 13.7. The molecule has 19 heavy (non-hydrogen) atoms. The maximum absolute atomic E-state index is 13.5. The van der Waals surface area contributed by atoms with Gasteiger partial charge >= 0.3 is 0 Å². The fraction of sp³-hybridized carbons (Fsp3) is 0.0714. The van der Waals surface area contributed by atoms with Gasteiger partial charge in [-0.1, -0.05) is 18.2 Å². The van der Waals surface area contributed by atoms with Crippen molar-refractivity contribution in [3.8, 4) is 0 Å². The fourth-order valence-electron chi connectivity index (χ4n) is 1.64. The van der Waals surface area contributed by atoms with Gasteiger partial charge in [-0.15, -0.1) is 0 Å². The Morgan fingerprint density at radius 2 is 1.68 bits per heavy atom. The molecule has 0 heterocycles. The van der Waals surface area contributed by atoms with E-state index in [1.807, 2.05) is 13.0 Å². The average molecular weight is 326 g/mol. The number of carbonyl (C=O) groups excluding carboxylic acids is 1. The molecule has 98 valence electrons. The van der Waals surface area contributed by atoms with E-state index in [0.717, 1.165) is 17.7 Å². The van der Waals surface area contributed by atoms with Crippen molar-refractivity contribution < 1.29 is 13.6 Å². The predicted molar refractivity (Wildman–Crippen MR) is 73.2 cm³/mol. The lowest BCUT2D eigenvalue weighted by Crippen LogP contribution is -2.16. The number of hydrogen-bond acceptors (Lipinski definition) is 1. The topological polar surface area (TPSA) is 29.1 Å². The molecule has 2 rings (SSSR count). The van der Waals surface area contributed by atoms with E-state index in [4.69, 9.17) is 0 Å². The van der Waals surface area contributed by atoms with E-state index in [2.05, 4.69) is 21.2 Å². The second-order valence-corrected chi connectivity index (χ2v) is 4.78. The summed E-state index contributed by atoms with van der Waals surface area (Å²) >= 11 is 3.32. The molecule has 0 bridgehead atoms. The minimum atomic E-state index is -0.888. The van der Waals surface area contributed by atoms with Crippen LogP contribution in [0.3, 0.4) is 0 Å². The molecule has 2 aromatic carbocycles. The summed E-state index contributed by atoms with van der Waals surface area (Å²) in [5, 5.41) is 2.48. The van der Waals surface area contributed by atoms with E-state index >= 15 is 0 Å². The van der Waals surface area contributed by atoms with E-state index in [9.17, 15) is 13.6 Å². The Kier molecular flexibility index (Phi) is 3.95. The van der Waals surface area contributed by atoms with Gasteiger partial charge < -0.3 is 5.32 Å². The number of hydrogen-bond donors (Lipinski definition) is 1. The molecule has 0 saturated heterocycles. The Labute approximate surface area is 117 Å². The smallest absolute Gasteiger partial charge is 0.261 e. The van der Waals surface area contributed by atoms with Crippen LogP contribution < -0.4 is 5.32 Å². The van der Waals surface area contributed by atoms with Crippen LogP contribution in [-0.2, 0) is 0 Å². The molecule has 0 saturated carbocycles. The molecule has 2 nitrogen and oxygen atoms in total. The van der Waals surface area contributed by atoms with Gasteiger partial charge in [0.1, 0.15) is 17.2 Å². The molecular weight excluding hydrogens is 316 g/mol. The van der Waals surface area contributed by atoms with Crippen molar-refractivity contribution in [2.75, 3.05) is 5.32 Å². The van der Waals surface area contributed by atoms with E-state index in [1.165, 1.54) is 6.07 Å². The van der Waals surface area contributed by atoms with Gasteiger partial charge in [0, 0.05) is 4.47 Å². The highest BCUT2D eigenvalue weighted by molar-refractivity contribution is 9.10. The SMILES string of the molecule is Cc1cccc(NC(=O)c2c(F)cccc2F)c1Br. The highest BCUT2D eigenvalue weighted by Gasteiger charge is 2.18. The van der Waals surface area contributed by atoms with Crippen LogP contribution in [0.5, 0.6) is 0 Å². The molecule has 0 aliphatic heterocycles. The normalized spacial score (nSPS) is 10.3.